The fourth-order valence-electron chi connectivity index (χ4n) is 4.53. The summed E-state index contributed by atoms with van der Waals surface area (Å²) in [4.78, 5) is 63.1. The number of guanidine groups is 1. The van der Waals surface area contributed by atoms with Gasteiger partial charge in [-0.15, -0.1) is 0 Å². The van der Waals surface area contributed by atoms with E-state index in [9.17, 15) is 24.3 Å². The fraction of sp³-hybridized carbons (Fsp3) is 0.636. The number of nitrogens with zero attached hydrogens (tertiary/aromatic N) is 3. The number of rotatable bonds is 12. The Labute approximate surface area is 208 Å². The molecule has 3 heterocycles. The number of aromatic amines is 1. The molecule has 9 N–H and O–H groups in total. The zero-order chi connectivity index (χ0) is 26.1. The second-order valence-electron chi connectivity index (χ2n) is 9.03. The van der Waals surface area contributed by atoms with Gasteiger partial charge in [0, 0.05) is 31.4 Å². The van der Waals surface area contributed by atoms with Crippen molar-refractivity contribution in [1.29, 1.82) is 0 Å². The van der Waals surface area contributed by atoms with Crippen molar-refractivity contribution >= 4 is 29.7 Å². The number of carbonyl (C=O) groups excluding carboxylic acids is 3. The van der Waals surface area contributed by atoms with Crippen molar-refractivity contribution in [3.8, 4) is 0 Å². The van der Waals surface area contributed by atoms with Crippen LogP contribution in [0.2, 0.25) is 0 Å². The molecule has 2 saturated heterocycles. The molecule has 4 unspecified atom stereocenters. The van der Waals surface area contributed by atoms with E-state index < -0.39 is 35.9 Å². The van der Waals surface area contributed by atoms with E-state index in [4.69, 9.17) is 11.5 Å². The lowest BCUT2D eigenvalue weighted by Gasteiger charge is -2.28. The highest BCUT2D eigenvalue weighted by molar-refractivity contribution is 5.94. The molecule has 14 heteroatoms. The van der Waals surface area contributed by atoms with Gasteiger partial charge in [-0.3, -0.25) is 19.4 Å². The number of carboxylic acids is 1. The average Bonchev–Trinajstić information content (AvgIpc) is 3.62. The Morgan fingerprint density at radius 2 is 2.00 bits per heavy atom. The Balaban J connectivity index is 1.67. The first kappa shape index (κ1) is 26.9. The summed E-state index contributed by atoms with van der Waals surface area (Å²) in [7, 11) is 0. The molecule has 4 atom stereocenters. The number of H-pyrrole nitrogens is 1. The molecule has 0 spiro atoms. The van der Waals surface area contributed by atoms with E-state index in [1.165, 1.54) is 12.5 Å². The number of hydrogen-bond donors (Lipinski definition) is 7. The van der Waals surface area contributed by atoms with E-state index in [1.807, 2.05) is 0 Å². The molecule has 198 valence electrons. The fourth-order valence-corrected chi connectivity index (χ4v) is 4.53. The Hall–Kier alpha value is -3.68. The maximum Gasteiger partial charge on any atom is 0.326 e. The lowest BCUT2D eigenvalue weighted by Crippen LogP contribution is -2.56. The van der Waals surface area contributed by atoms with E-state index >= 15 is 0 Å². The highest BCUT2D eigenvalue weighted by atomic mass is 16.4. The van der Waals surface area contributed by atoms with Crippen LogP contribution in [-0.4, -0.2) is 93.4 Å². The third-order valence-electron chi connectivity index (χ3n) is 6.37. The molecule has 0 aliphatic carbocycles. The monoisotopic (exact) mass is 505 g/mol. The highest BCUT2D eigenvalue weighted by Gasteiger charge is 2.39. The zero-order valence-electron chi connectivity index (χ0n) is 20.1. The van der Waals surface area contributed by atoms with Crippen LogP contribution < -0.4 is 27.4 Å². The summed E-state index contributed by atoms with van der Waals surface area (Å²) in [6.45, 7) is 1.48. The molecule has 0 saturated carbocycles. The molecule has 3 rings (SSSR count). The van der Waals surface area contributed by atoms with Crippen LogP contribution in [0, 0.1) is 0 Å². The first-order chi connectivity index (χ1) is 17.3. The second-order valence-corrected chi connectivity index (χ2v) is 9.03. The number of amides is 3. The summed E-state index contributed by atoms with van der Waals surface area (Å²) in [5, 5.41) is 18.0. The summed E-state index contributed by atoms with van der Waals surface area (Å²) in [5.74, 6) is -2.51. The summed E-state index contributed by atoms with van der Waals surface area (Å²) >= 11 is 0. The van der Waals surface area contributed by atoms with E-state index in [0.717, 1.165) is 19.4 Å². The van der Waals surface area contributed by atoms with Gasteiger partial charge >= 0.3 is 5.97 Å². The third-order valence-corrected chi connectivity index (χ3v) is 6.37. The number of aliphatic imine (C=N–C) groups is 1. The van der Waals surface area contributed by atoms with Gasteiger partial charge in [-0.1, -0.05) is 0 Å². The van der Waals surface area contributed by atoms with E-state index in [-0.39, 0.29) is 37.3 Å². The van der Waals surface area contributed by atoms with E-state index in [1.54, 1.807) is 4.90 Å². The molecule has 0 radical (unpaired) electrons. The number of aliphatic carboxylic acids is 1. The van der Waals surface area contributed by atoms with Crippen LogP contribution in [0.25, 0.3) is 0 Å². The lowest BCUT2D eigenvalue weighted by atomic mass is 10.1. The number of carbonyl (C=O) groups is 4. The molecule has 1 aromatic rings. The van der Waals surface area contributed by atoms with Crippen LogP contribution >= 0.6 is 0 Å². The van der Waals surface area contributed by atoms with Crippen molar-refractivity contribution < 1.29 is 24.3 Å². The van der Waals surface area contributed by atoms with Crippen LogP contribution in [0.4, 0.5) is 0 Å². The Morgan fingerprint density at radius 1 is 1.19 bits per heavy atom. The molecule has 2 fully saturated rings. The van der Waals surface area contributed by atoms with Crippen molar-refractivity contribution in [3.63, 3.8) is 0 Å². The predicted octanol–water partition coefficient (Wildman–Crippen LogP) is -2.20. The quantitative estimate of drug-likeness (QED) is 0.0929. The van der Waals surface area contributed by atoms with Gasteiger partial charge in [0.2, 0.25) is 17.7 Å². The van der Waals surface area contributed by atoms with Gasteiger partial charge in [0.05, 0.1) is 12.4 Å². The second kappa shape index (κ2) is 12.9. The summed E-state index contributed by atoms with van der Waals surface area (Å²) in [6, 6.07) is -3.24. The van der Waals surface area contributed by atoms with Crippen LogP contribution in [0.1, 0.15) is 44.2 Å². The first-order valence-electron chi connectivity index (χ1n) is 12.2. The number of aromatic nitrogens is 2. The van der Waals surface area contributed by atoms with Crippen molar-refractivity contribution in [1.82, 2.24) is 30.8 Å². The van der Waals surface area contributed by atoms with Crippen LogP contribution in [0.5, 0.6) is 0 Å². The van der Waals surface area contributed by atoms with Gasteiger partial charge in [0.1, 0.15) is 18.1 Å². The SMILES string of the molecule is NC(N)=NCCCC(NC(=O)C1CCCN1C(=O)C1CCCN1)C(=O)NC(Cc1cnc[nH]1)C(=O)O. The highest BCUT2D eigenvalue weighted by Crippen LogP contribution is 2.21. The number of hydrogen-bond acceptors (Lipinski definition) is 7. The molecule has 0 aromatic carbocycles. The minimum Gasteiger partial charge on any atom is -0.480 e. The number of carboxylic acid groups (broad SMARTS) is 1. The number of imidazole rings is 1. The van der Waals surface area contributed by atoms with Crippen molar-refractivity contribution in [2.45, 2.75) is 69.1 Å². The molecule has 0 bridgehead atoms. The third kappa shape index (κ3) is 7.41. The maximum absolute atomic E-state index is 13.2. The smallest absolute Gasteiger partial charge is 0.326 e. The van der Waals surface area contributed by atoms with Crippen LogP contribution in [0.3, 0.4) is 0 Å². The minimum absolute atomic E-state index is 0.00493. The van der Waals surface area contributed by atoms with Gasteiger partial charge in [0.15, 0.2) is 5.96 Å². The van der Waals surface area contributed by atoms with E-state index in [2.05, 4.69) is 30.9 Å². The molecule has 2 aliphatic heterocycles. The maximum atomic E-state index is 13.2. The molecule has 3 amide bonds. The molecule has 36 heavy (non-hydrogen) atoms. The largest absolute Gasteiger partial charge is 0.480 e. The topological polar surface area (TPSA) is 221 Å². The predicted molar refractivity (Wildman–Crippen MR) is 129 cm³/mol. The summed E-state index contributed by atoms with van der Waals surface area (Å²) in [6.07, 6.45) is 6.24. The standard InChI is InChI=1S/C22H35N9O5/c23-22(24)27-8-1-4-14(18(32)30-16(21(35)36)10-13-11-25-12-28-13)29-19(33)17-6-3-9-31(17)20(34)15-5-2-7-26-15/h11-12,14-17,26H,1-10H2,(H,25,28)(H,29,33)(H,30,32)(H,35,36)(H4,23,24,27). The summed E-state index contributed by atoms with van der Waals surface area (Å²) in [5.41, 5.74) is 11.2. The van der Waals surface area contributed by atoms with Crippen LogP contribution in [0.15, 0.2) is 17.5 Å². The number of likely N-dealkylation sites (tertiary alicyclic amines) is 1. The molecular formula is C22H35N9O5. The van der Waals surface area contributed by atoms with Crippen LogP contribution in [-0.2, 0) is 25.6 Å². The molecule has 14 nitrogen and oxygen atoms in total. The molecule has 1 aromatic heterocycles. The van der Waals surface area contributed by atoms with Gasteiger partial charge < -0.3 is 42.4 Å². The Morgan fingerprint density at radius 3 is 2.64 bits per heavy atom. The first-order valence-corrected chi connectivity index (χ1v) is 12.2. The van der Waals surface area contributed by atoms with Gasteiger partial charge in [-0.2, -0.15) is 0 Å². The Kier molecular flexibility index (Phi) is 9.61. The van der Waals surface area contributed by atoms with E-state index in [0.29, 0.717) is 31.5 Å². The molecular weight excluding hydrogens is 470 g/mol. The van der Waals surface area contributed by atoms with Gasteiger partial charge in [-0.25, -0.2) is 9.78 Å². The molecule has 2 aliphatic rings. The summed E-state index contributed by atoms with van der Waals surface area (Å²) < 4.78 is 0. The Bertz CT molecular complexity index is 942. The normalized spacial score (nSPS) is 20.9. The average molecular weight is 506 g/mol. The zero-order valence-corrected chi connectivity index (χ0v) is 20.1. The number of nitrogens with one attached hydrogen (secondary N) is 4. The minimum atomic E-state index is -1.23. The van der Waals surface area contributed by atoms with Crippen molar-refractivity contribution in [3.05, 3.63) is 18.2 Å². The van der Waals surface area contributed by atoms with Crippen molar-refractivity contribution in [2.24, 2.45) is 16.5 Å². The van der Waals surface area contributed by atoms with Gasteiger partial charge in [0.25, 0.3) is 0 Å². The number of nitrogens with two attached hydrogens (primary N) is 2. The van der Waals surface area contributed by atoms with Gasteiger partial charge in [-0.05, 0) is 45.1 Å². The van der Waals surface area contributed by atoms with Crippen molar-refractivity contribution in [2.75, 3.05) is 19.6 Å². The lowest BCUT2D eigenvalue weighted by molar-refractivity contribution is -0.143.